The van der Waals surface area contributed by atoms with Crippen molar-refractivity contribution in [1.82, 2.24) is 9.97 Å². The summed E-state index contributed by atoms with van der Waals surface area (Å²) in [5.41, 5.74) is 3.17. The molecule has 0 radical (unpaired) electrons. The first-order chi connectivity index (χ1) is 11.7. The van der Waals surface area contributed by atoms with Crippen molar-refractivity contribution in [2.75, 3.05) is 17.2 Å². The third kappa shape index (κ3) is 4.32. The molecule has 1 heterocycles. The van der Waals surface area contributed by atoms with Gasteiger partial charge in [0.25, 0.3) is 0 Å². The Hall–Kier alpha value is -2.40. The van der Waals surface area contributed by atoms with E-state index in [9.17, 15) is 0 Å². The fraction of sp³-hybridized carbons (Fsp3) is 0.158. The third-order valence-electron chi connectivity index (χ3n) is 3.52. The van der Waals surface area contributed by atoms with Crippen molar-refractivity contribution in [2.24, 2.45) is 0 Å². The van der Waals surface area contributed by atoms with Crippen molar-refractivity contribution < 1.29 is 0 Å². The molecular formula is C19H19BrN4. The Labute approximate surface area is 150 Å². The van der Waals surface area contributed by atoms with Gasteiger partial charge in [0, 0.05) is 29.2 Å². The van der Waals surface area contributed by atoms with Crippen LogP contribution in [0.4, 0.5) is 11.8 Å². The van der Waals surface area contributed by atoms with Gasteiger partial charge in [0.05, 0.1) is 5.69 Å². The van der Waals surface area contributed by atoms with Gasteiger partial charge in [0.15, 0.2) is 0 Å². The van der Waals surface area contributed by atoms with Crippen molar-refractivity contribution in [2.45, 2.75) is 13.5 Å². The Morgan fingerprint density at radius 1 is 0.917 bits per heavy atom. The van der Waals surface area contributed by atoms with Crippen LogP contribution in [0.15, 0.2) is 65.1 Å². The van der Waals surface area contributed by atoms with Crippen LogP contribution in [-0.4, -0.2) is 16.5 Å². The quantitative estimate of drug-likeness (QED) is 0.633. The van der Waals surface area contributed by atoms with Gasteiger partial charge in [-0.3, -0.25) is 0 Å². The van der Waals surface area contributed by atoms with E-state index in [4.69, 9.17) is 0 Å². The van der Waals surface area contributed by atoms with Crippen molar-refractivity contribution >= 4 is 27.7 Å². The van der Waals surface area contributed by atoms with E-state index < -0.39 is 0 Å². The van der Waals surface area contributed by atoms with Crippen LogP contribution in [0.25, 0.3) is 11.3 Å². The number of anilines is 2. The molecule has 0 saturated carbocycles. The highest BCUT2D eigenvalue weighted by Gasteiger charge is 2.06. The lowest BCUT2D eigenvalue weighted by atomic mass is 10.1. The molecule has 4 nitrogen and oxygen atoms in total. The number of rotatable bonds is 6. The van der Waals surface area contributed by atoms with E-state index in [2.05, 4.69) is 60.8 Å². The number of nitrogens with one attached hydrogen (secondary N) is 2. The minimum atomic E-state index is 0.636. The highest BCUT2D eigenvalue weighted by Crippen LogP contribution is 2.21. The minimum Gasteiger partial charge on any atom is -0.366 e. The molecule has 2 aromatic carbocycles. The summed E-state index contributed by atoms with van der Waals surface area (Å²) >= 11 is 3.45. The Morgan fingerprint density at radius 2 is 1.67 bits per heavy atom. The number of benzene rings is 2. The molecule has 5 heteroatoms. The second-order valence-electron chi connectivity index (χ2n) is 5.34. The standard InChI is InChI=1S/C19H19BrN4/c1-2-21-19-23-17(15-6-4-3-5-7-15)12-18(24-19)22-13-14-8-10-16(20)11-9-14/h3-12H,2,13H2,1H3,(H2,21,22,23,24). The molecule has 122 valence electrons. The number of nitrogens with zero attached hydrogens (tertiary/aromatic N) is 2. The van der Waals surface area contributed by atoms with Crippen LogP contribution in [-0.2, 0) is 6.54 Å². The molecule has 0 amide bonds. The van der Waals surface area contributed by atoms with Gasteiger partial charge < -0.3 is 10.6 Å². The molecule has 3 aromatic rings. The lowest BCUT2D eigenvalue weighted by Crippen LogP contribution is -2.07. The second kappa shape index (κ2) is 7.93. The van der Waals surface area contributed by atoms with Gasteiger partial charge >= 0.3 is 0 Å². The van der Waals surface area contributed by atoms with E-state index in [1.54, 1.807) is 0 Å². The first-order valence-corrected chi connectivity index (χ1v) is 8.70. The summed E-state index contributed by atoms with van der Waals surface area (Å²) in [6, 6.07) is 20.4. The molecule has 0 aliphatic carbocycles. The zero-order valence-corrected chi connectivity index (χ0v) is 15.0. The van der Waals surface area contributed by atoms with E-state index in [0.29, 0.717) is 12.5 Å². The molecule has 2 N–H and O–H groups in total. The van der Waals surface area contributed by atoms with Crippen molar-refractivity contribution in [3.05, 3.63) is 70.7 Å². The van der Waals surface area contributed by atoms with Crippen molar-refractivity contribution in [1.29, 1.82) is 0 Å². The van der Waals surface area contributed by atoms with Gasteiger partial charge in [0.1, 0.15) is 5.82 Å². The van der Waals surface area contributed by atoms with Crippen LogP contribution >= 0.6 is 15.9 Å². The molecule has 0 unspecified atom stereocenters. The van der Waals surface area contributed by atoms with Crippen LogP contribution in [0.2, 0.25) is 0 Å². The summed E-state index contributed by atoms with van der Waals surface area (Å²) in [6.45, 7) is 3.53. The predicted molar refractivity (Wildman–Crippen MR) is 103 cm³/mol. The molecular weight excluding hydrogens is 364 g/mol. The first-order valence-electron chi connectivity index (χ1n) is 7.91. The second-order valence-corrected chi connectivity index (χ2v) is 6.25. The summed E-state index contributed by atoms with van der Waals surface area (Å²) < 4.78 is 1.08. The first kappa shape index (κ1) is 16.5. The molecule has 0 spiro atoms. The molecule has 3 rings (SSSR count). The smallest absolute Gasteiger partial charge is 0.225 e. The van der Waals surface area contributed by atoms with E-state index in [-0.39, 0.29) is 0 Å². The topological polar surface area (TPSA) is 49.8 Å². The van der Waals surface area contributed by atoms with E-state index in [1.165, 1.54) is 5.56 Å². The van der Waals surface area contributed by atoms with Gasteiger partial charge in [-0.15, -0.1) is 0 Å². The average Bonchev–Trinajstić information content (AvgIpc) is 2.62. The van der Waals surface area contributed by atoms with E-state index in [1.807, 2.05) is 43.3 Å². The highest BCUT2D eigenvalue weighted by molar-refractivity contribution is 9.10. The Kier molecular flexibility index (Phi) is 5.43. The maximum Gasteiger partial charge on any atom is 0.225 e. The van der Waals surface area contributed by atoms with Crippen molar-refractivity contribution in [3.8, 4) is 11.3 Å². The number of halogens is 1. The molecule has 24 heavy (non-hydrogen) atoms. The maximum absolute atomic E-state index is 4.59. The molecule has 0 saturated heterocycles. The van der Waals surface area contributed by atoms with Crippen LogP contribution in [0.1, 0.15) is 12.5 Å². The molecule has 0 aliphatic rings. The number of hydrogen-bond donors (Lipinski definition) is 2. The predicted octanol–water partition coefficient (Wildman–Crippen LogP) is 4.95. The molecule has 1 aromatic heterocycles. The highest BCUT2D eigenvalue weighted by atomic mass is 79.9. The average molecular weight is 383 g/mol. The number of hydrogen-bond acceptors (Lipinski definition) is 4. The molecule has 0 bridgehead atoms. The van der Waals surface area contributed by atoms with Gasteiger partial charge in [-0.05, 0) is 24.6 Å². The Bertz CT molecular complexity index is 788. The maximum atomic E-state index is 4.59. The van der Waals surface area contributed by atoms with Gasteiger partial charge in [-0.25, -0.2) is 4.98 Å². The minimum absolute atomic E-state index is 0.636. The van der Waals surface area contributed by atoms with Gasteiger partial charge in [-0.1, -0.05) is 58.4 Å². The Balaban J connectivity index is 1.83. The van der Waals surface area contributed by atoms with Gasteiger partial charge in [-0.2, -0.15) is 4.98 Å². The van der Waals surface area contributed by atoms with Crippen LogP contribution in [0.3, 0.4) is 0 Å². The molecule has 0 aliphatic heterocycles. The zero-order valence-electron chi connectivity index (χ0n) is 13.5. The summed E-state index contributed by atoms with van der Waals surface area (Å²) in [4.78, 5) is 9.13. The molecule has 0 fully saturated rings. The SMILES string of the molecule is CCNc1nc(NCc2ccc(Br)cc2)cc(-c2ccccc2)n1. The van der Waals surface area contributed by atoms with E-state index in [0.717, 1.165) is 28.1 Å². The number of aromatic nitrogens is 2. The molecule has 0 atom stereocenters. The van der Waals surface area contributed by atoms with Crippen molar-refractivity contribution in [3.63, 3.8) is 0 Å². The van der Waals surface area contributed by atoms with Crippen LogP contribution < -0.4 is 10.6 Å². The lowest BCUT2D eigenvalue weighted by molar-refractivity contribution is 1.05. The van der Waals surface area contributed by atoms with Crippen LogP contribution in [0, 0.1) is 0 Å². The largest absolute Gasteiger partial charge is 0.366 e. The zero-order chi connectivity index (χ0) is 16.8. The summed E-state index contributed by atoms with van der Waals surface area (Å²) in [7, 11) is 0. The summed E-state index contributed by atoms with van der Waals surface area (Å²) in [6.07, 6.45) is 0. The fourth-order valence-electron chi connectivity index (χ4n) is 2.33. The summed E-state index contributed by atoms with van der Waals surface area (Å²) in [5.74, 6) is 1.44. The lowest BCUT2D eigenvalue weighted by Gasteiger charge is -2.11. The summed E-state index contributed by atoms with van der Waals surface area (Å²) in [5, 5.41) is 6.58. The Morgan fingerprint density at radius 3 is 2.38 bits per heavy atom. The third-order valence-corrected chi connectivity index (χ3v) is 4.05. The van der Waals surface area contributed by atoms with Gasteiger partial charge in [0.2, 0.25) is 5.95 Å². The van der Waals surface area contributed by atoms with Crippen LogP contribution in [0.5, 0.6) is 0 Å². The normalized spacial score (nSPS) is 10.4. The monoisotopic (exact) mass is 382 g/mol. The fourth-order valence-corrected chi connectivity index (χ4v) is 2.59. The van der Waals surface area contributed by atoms with E-state index >= 15 is 0 Å².